The van der Waals surface area contributed by atoms with Crippen molar-refractivity contribution >= 4 is 22.6 Å². The quantitative estimate of drug-likeness (QED) is 0.691. The first-order chi connectivity index (χ1) is 8.06. The molecule has 0 unspecified atom stereocenters. The first kappa shape index (κ1) is 12.6. The molecule has 0 saturated carbocycles. The highest BCUT2D eigenvalue weighted by molar-refractivity contribution is 14.1. The van der Waals surface area contributed by atoms with Gasteiger partial charge in [0.25, 0.3) is 0 Å². The molecule has 2 aromatic rings. The van der Waals surface area contributed by atoms with Crippen LogP contribution >= 0.6 is 22.6 Å². The highest BCUT2D eigenvalue weighted by atomic mass is 127. The van der Waals surface area contributed by atoms with Gasteiger partial charge in [-0.3, -0.25) is 0 Å². The van der Waals surface area contributed by atoms with E-state index < -0.39 is 0 Å². The van der Waals surface area contributed by atoms with Gasteiger partial charge in [0.05, 0.1) is 0 Å². The van der Waals surface area contributed by atoms with Crippen molar-refractivity contribution < 1.29 is 0 Å². The summed E-state index contributed by atoms with van der Waals surface area (Å²) >= 11 is 2.42. The van der Waals surface area contributed by atoms with E-state index in [2.05, 4.69) is 79.8 Å². The van der Waals surface area contributed by atoms with E-state index in [1.165, 1.54) is 31.4 Å². The molecule has 0 heterocycles. The predicted octanol–water partition coefficient (Wildman–Crippen LogP) is 4.81. The Morgan fingerprint density at radius 2 is 1.35 bits per heavy atom. The summed E-state index contributed by atoms with van der Waals surface area (Å²) in [6.07, 6.45) is 1.03. The Bertz CT molecular complexity index is 501. The van der Waals surface area contributed by atoms with Crippen LogP contribution in [-0.2, 0) is 6.42 Å². The third-order valence-electron chi connectivity index (χ3n) is 3.03. The lowest BCUT2D eigenvalue weighted by atomic mass is 10.0. The summed E-state index contributed by atoms with van der Waals surface area (Å²) in [6.45, 7) is 6.50. The molecule has 0 aliphatic rings. The molecule has 0 spiro atoms. The van der Waals surface area contributed by atoms with Crippen molar-refractivity contribution in [2.45, 2.75) is 27.2 Å². The van der Waals surface area contributed by atoms with Crippen LogP contribution in [0.25, 0.3) is 0 Å². The Hall–Kier alpha value is -0.830. The van der Waals surface area contributed by atoms with Gasteiger partial charge >= 0.3 is 0 Å². The third-order valence-corrected chi connectivity index (χ3v) is 4.73. The molecule has 0 atom stereocenters. The maximum atomic E-state index is 2.42. The van der Waals surface area contributed by atoms with Gasteiger partial charge in [0.2, 0.25) is 0 Å². The minimum atomic E-state index is 1.03. The van der Waals surface area contributed by atoms with Crippen LogP contribution < -0.4 is 0 Å². The summed E-state index contributed by atoms with van der Waals surface area (Å²) in [4.78, 5) is 0. The summed E-state index contributed by atoms with van der Waals surface area (Å²) < 4.78 is 1.38. The van der Waals surface area contributed by atoms with Crippen molar-refractivity contribution in [2.24, 2.45) is 0 Å². The molecular weight excluding hydrogens is 319 g/mol. The van der Waals surface area contributed by atoms with Crippen molar-refractivity contribution in [3.05, 3.63) is 67.8 Å². The van der Waals surface area contributed by atoms with Crippen LogP contribution in [-0.4, -0.2) is 0 Å². The number of halogens is 1. The molecule has 0 radical (unpaired) electrons. The zero-order chi connectivity index (χ0) is 12.4. The highest BCUT2D eigenvalue weighted by Gasteiger charge is 2.03. The van der Waals surface area contributed by atoms with E-state index >= 15 is 0 Å². The number of hydrogen-bond donors (Lipinski definition) is 0. The average Bonchev–Trinajstić information content (AvgIpc) is 2.29. The van der Waals surface area contributed by atoms with E-state index in [9.17, 15) is 0 Å². The van der Waals surface area contributed by atoms with E-state index in [4.69, 9.17) is 0 Å². The second-order valence-electron chi connectivity index (χ2n) is 4.71. The van der Waals surface area contributed by atoms with Gasteiger partial charge in [-0.1, -0.05) is 42.0 Å². The van der Waals surface area contributed by atoms with Crippen LogP contribution in [0.1, 0.15) is 27.8 Å². The molecule has 0 aliphatic heterocycles. The second-order valence-corrected chi connectivity index (χ2v) is 5.78. The zero-order valence-electron chi connectivity index (χ0n) is 10.5. The first-order valence-corrected chi connectivity index (χ1v) is 6.95. The molecule has 17 heavy (non-hydrogen) atoms. The van der Waals surface area contributed by atoms with Crippen LogP contribution in [0.2, 0.25) is 0 Å². The Kier molecular flexibility index (Phi) is 3.87. The van der Waals surface area contributed by atoms with E-state index in [-0.39, 0.29) is 0 Å². The maximum absolute atomic E-state index is 2.42. The number of rotatable bonds is 2. The lowest BCUT2D eigenvalue weighted by Gasteiger charge is -2.08. The van der Waals surface area contributed by atoms with E-state index in [1.807, 2.05) is 0 Å². The topological polar surface area (TPSA) is 0 Å². The van der Waals surface area contributed by atoms with Crippen molar-refractivity contribution in [1.82, 2.24) is 0 Å². The molecule has 2 rings (SSSR count). The molecule has 2 aromatic carbocycles. The van der Waals surface area contributed by atoms with Gasteiger partial charge in [-0.2, -0.15) is 0 Å². The van der Waals surface area contributed by atoms with Crippen LogP contribution in [0.3, 0.4) is 0 Å². The Labute approximate surface area is 117 Å². The van der Waals surface area contributed by atoms with Crippen molar-refractivity contribution in [1.29, 1.82) is 0 Å². The van der Waals surface area contributed by atoms with Crippen molar-refractivity contribution in [2.75, 3.05) is 0 Å². The molecule has 0 nitrogen and oxygen atoms in total. The Morgan fingerprint density at radius 3 is 1.88 bits per heavy atom. The molecule has 0 fully saturated rings. The van der Waals surface area contributed by atoms with Crippen molar-refractivity contribution in [3.8, 4) is 0 Å². The van der Waals surface area contributed by atoms with E-state index in [0.29, 0.717) is 0 Å². The molecule has 0 aliphatic carbocycles. The number of benzene rings is 2. The molecule has 0 aromatic heterocycles. The molecule has 0 amide bonds. The van der Waals surface area contributed by atoms with Gasteiger partial charge in [0, 0.05) is 3.57 Å². The number of hydrogen-bond acceptors (Lipinski definition) is 0. The fourth-order valence-corrected chi connectivity index (χ4v) is 2.39. The Morgan fingerprint density at radius 1 is 0.824 bits per heavy atom. The average molecular weight is 336 g/mol. The fourth-order valence-electron chi connectivity index (χ4n) is 2.08. The molecule has 1 heteroatoms. The molecule has 0 N–H and O–H groups in total. The lowest BCUT2D eigenvalue weighted by molar-refractivity contribution is 1.15. The highest BCUT2D eigenvalue weighted by Crippen LogP contribution is 2.20. The molecule has 0 bridgehead atoms. The summed E-state index contributed by atoms with van der Waals surface area (Å²) in [7, 11) is 0. The number of aryl methyl sites for hydroxylation is 3. The standard InChI is InChI=1S/C16H17I/c1-11-4-6-14(7-5-11)10-15-8-12(2)16(17)13(3)9-15/h4-9H,10H2,1-3H3. The van der Waals surface area contributed by atoms with Gasteiger partial charge < -0.3 is 0 Å². The van der Waals surface area contributed by atoms with Crippen LogP contribution in [0.5, 0.6) is 0 Å². The van der Waals surface area contributed by atoms with Gasteiger partial charge in [0.1, 0.15) is 0 Å². The smallest absolute Gasteiger partial charge is 0.0188 e. The summed E-state index contributed by atoms with van der Waals surface area (Å²) in [5, 5.41) is 0. The van der Waals surface area contributed by atoms with Crippen molar-refractivity contribution in [3.63, 3.8) is 0 Å². The monoisotopic (exact) mass is 336 g/mol. The zero-order valence-corrected chi connectivity index (χ0v) is 12.7. The third kappa shape index (κ3) is 3.09. The first-order valence-electron chi connectivity index (χ1n) is 5.87. The van der Waals surface area contributed by atoms with Gasteiger partial charge in [-0.15, -0.1) is 0 Å². The molecular formula is C16H17I. The van der Waals surface area contributed by atoms with Gasteiger partial charge in [-0.25, -0.2) is 0 Å². The summed E-state index contributed by atoms with van der Waals surface area (Å²) in [6, 6.07) is 13.4. The summed E-state index contributed by atoms with van der Waals surface area (Å²) in [5.74, 6) is 0. The largest absolute Gasteiger partial charge is 0.0590 e. The molecule has 88 valence electrons. The van der Waals surface area contributed by atoms with E-state index in [1.54, 1.807) is 0 Å². The predicted molar refractivity (Wildman–Crippen MR) is 82.6 cm³/mol. The van der Waals surface area contributed by atoms with Crippen LogP contribution in [0, 0.1) is 24.3 Å². The Balaban J connectivity index is 2.27. The lowest BCUT2D eigenvalue weighted by Crippen LogP contribution is -1.93. The van der Waals surface area contributed by atoms with E-state index in [0.717, 1.165) is 6.42 Å². The van der Waals surface area contributed by atoms with Gasteiger partial charge in [0.15, 0.2) is 0 Å². The summed E-state index contributed by atoms with van der Waals surface area (Å²) in [5.41, 5.74) is 6.88. The second kappa shape index (κ2) is 5.21. The van der Waals surface area contributed by atoms with Crippen LogP contribution in [0.4, 0.5) is 0 Å². The minimum Gasteiger partial charge on any atom is -0.0590 e. The maximum Gasteiger partial charge on any atom is 0.0188 e. The molecule has 0 saturated heterocycles. The minimum absolute atomic E-state index is 1.03. The normalized spacial score (nSPS) is 10.6. The van der Waals surface area contributed by atoms with Gasteiger partial charge in [-0.05, 0) is 72.0 Å². The fraction of sp³-hybridized carbons (Fsp3) is 0.250. The SMILES string of the molecule is Cc1ccc(Cc2cc(C)c(I)c(C)c2)cc1. The van der Waals surface area contributed by atoms with Crippen LogP contribution in [0.15, 0.2) is 36.4 Å².